The van der Waals surface area contributed by atoms with Crippen molar-refractivity contribution in [3.05, 3.63) is 35.4 Å². The van der Waals surface area contributed by atoms with Gasteiger partial charge in [0.1, 0.15) is 0 Å². The molecule has 0 radical (unpaired) electrons. The third-order valence-corrected chi connectivity index (χ3v) is 5.39. The normalized spacial score (nSPS) is 23.6. The van der Waals surface area contributed by atoms with E-state index in [0.717, 1.165) is 11.1 Å². The van der Waals surface area contributed by atoms with Gasteiger partial charge in [-0.15, -0.1) is 0 Å². The first-order valence-corrected chi connectivity index (χ1v) is 7.31. The SMILES string of the molecule is COCCS(=O)(=O)C1Cc2ccccc2C1N. The Morgan fingerprint density at radius 3 is 2.76 bits per heavy atom. The van der Waals surface area contributed by atoms with Gasteiger partial charge in [0.05, 0.1) is 17.6 Å². The van der Waals surface area contributed by atoms with Crippen LogP contribution in [0.2, 0.25) is 0 Å². The van der Waals surface area contributed by atoms with Crippen molar-refractivity contribution in [2.24, 2.45) is 5.73 Å². The minimum atomic E-state index is -3.19. The van der Waals surface area contributed by atoms with Crippen LogP contribution in [0.3, 0.4) is 0 Å². The molecule has 0 heterocycles. The monoisotopic (exact) mass is 255 g/mol. The summed E-state index contributed by atoms with van der Waals surface area (Å²) in [6.07, 6.45) is 0.517. The van der Waals surface area contributed by atoms with Gasteiger partial charge >= 0.3 is 0 Å². The van der Waals surface area contributed by atoms with Crippen LogP contribution in [-0.2, 0) is 21.0 Å². The molecule has 0 bridgehead atoms. The molecule has 0 aromatic heterocycles. The zero-order valence-electron chi connectivity index (χ0n) is 9.80. The van der Waals surface area contributed by atoms with Crippen LogP contribution in [0.5, 0.6) is 0 Å². The summed E-state index contributed by atoms with van der Waals surface area (Å²) >= 11 is 0. The second-order valence-electron chi connectivity index (χ2n) is 4.33. The van der Waals surface area contributed by atoms with E-state index in [1.54, 1.807) is 0 Å². The molecule has 0 saturated heterocycles. The number of benzene rings is 1. The Bertz CT molecular complexity index is 498. The zero-order valence-corrected chi connectivity index (χ0v) is 10.6. The van der Waals surface area contributed by atoms with Crippen LogP contribution in [0, 0.1) is 0 Å². The highest BCUT2D eigenvalue weighted by molar-refractivity contribution is 7.92. The van der Waals surface area contributed by atoms with Crippen molar-refractivity contribution in [1.82, 2.24) is 0 Å². The van der Waals surface area contributed by atoms with E-state index in [9.17, 15) is 8.42 Å². The number of nitrogens with two attached hydrogens (primary N) is 1. The van der Waals surface area contributed by atoms with Crippen LogP contribution >= 0.6 is 0 Å². The molecule has 94 valence electrons. The molecule has 1 aliphatic rings. The fourth-order valence-electron chi connectivity index (χ4n) is 2.29. The van der Waals surface area contributed by atoms with Crippen LogP contribution < -0.4 is 5.73 Å². The first kappa shape index (κ1) is 12.5. The minimum Gasteiger partial charge on any atom is -0.384 e. The molecule has 0 spiro atoms. The summed E-state index contributed by atoms with van der Waals surface area (Å²) in [4.78, 5) is 0. The van der Waals surface area contributed by atoms with Gasteiger partial charge in [0.25, 0.3) is 0 Å². The number of ether oxygens (including phenoxy) is 1. The number of hydrogen-bond acceptors (Lipinski definition) is 4. The molecular weight excluding hydrogens is 238 g/mol. The first-order valence-electron chi connectivity index (χ1n) is 5.60. The fraction of sp³-hybridized carbons (Fsp3) is 0.500. The molecule has 0 fully saturated rings. The van der Waals surface area contributed by atoms with Crippen molar-refractivity contribution in [3.8, 4) is 0 Å². The molecule has 2 unspecified atom stereocenters. The third kappa shape index (κ3) is 2.36. The molecule has 1 aromatic rings. The molecule has 1 aliphatic carbocycles. The minimum absolute atomic E-state index is 0.0376. The summed E-state index contributed by atoms with van der Waals surface area (Å²) < 4.78 is 29.1. The first-order chi connectivity index (χ1) is 8.06. The summed E-state index contributed by atoms with van der Waals surface area (Å²) in [6, 6.07) is 7.25. The van der Waals surface area contributed by atoms with E-state index in [4.69, 9.17) is 10.5 Å². The van der Waals surface area contributed by atoms with E-state index in [1.165, 1.54) is 7.11 Å². The molecule has 17 heavy (non-hydrogen) atoms. The second kappa shape index (κ2) is 4.76. The molecule has 1 aromatic carbocycles. The maximum Gasteiger partial charge on any atom is 0.157 e. The Morgan fingerprint density at radius 2 is 2.12 bits per heavy atom. The second-order valence-corrected chi connectivity index (χ2v) is 6.67. The van der Waals surface area contributed by atoms with Crippen LogP contribution in [0.1, 0.15) is 17.2 Å². The zero-order chi connectivity index (χ0) is 12.5. The van der Waals surface area contributed by atoms with Crippen molar-refractivity contribution >= 4 is 9.84 Å². The summed E-state index contributed by atoms with van der Waals surface area (Å²) in [5, 5.41) is -0.505. The number of hydrogen-bond donors (Lipinski definition) is 1. The van der Waals surface area contributed by atoms with E-state index in [1.807, 2.05) is 24.3 Å². The standard InChI is InChI=1S/C12H17NO3S/c1-16-6-7-17(14,15)11-8-9-4-2-3-5-10(9)12(11)13/h2-5,11-12H,6-8,13H2,1H3. The van der Waals surface area contributed by atoms with Gasteiger partial charge in [0.2, 0.25) is 0 Å². The summed E-state index contributed by atoms with van der Waals surface area (Å²) in [5.41, 5.74) is 8.03. The topological polar surface area (TPSA) is 69.4 Å². The largest absolute Gasteiger partial charge is 0.384 e. The lowest BCUT2D eigenvalue weighted by Crippen LogP contribution is -2.33. The van der Waals surface area contributed by atoms with Crippen LogP contribution in [0.15, 0.2) is 24.3 Å². The predicted molar refractivity (Wildman–Crippen MR) is 66.5 cm³/mol. The maximum atomic E-state index is 12.1. The quantitative estimate of drug-likeness (QED) is 0.858. The van der Waals surface area contributed by atoms with Crippen molar-refractivity contribution in [3.63, 3.8) is 0 Å². The van der Waals surface area contributed by atoms with E-state index in [-0.39, 0.29) is 12.4 Å². The van der Waals surface area contributed by atoms with Gasteiger partial charge in [-0.1, -0.05) is 24.3 Å². The lowest BCUT2D eigenvalue weighted by atomic mass is 10.1. The van der Waals surface area contributed by atoms with Crippen molar-refractivity contribution in [2.75, 3.05) is 19.5 Å². The molecule has 0 amide bonds. The summed E-state index contributed by atoms with van der Waals surface area (Å²) in [6.45, 7) is 0.224. The van der Waals surface area contributed by atoms with Gasteiger partial charge in [-0.25, -0.2) is 8.42 Å². The molecule has 2 rings (SSSR count). The van der Waals surface area contributed by atoms with Crippen LogP contribution in [0.4, 0.5) is 0 Å². The molecule has 0 aliphatic heterocycles. The van der Waals surface area contributed by atoms with Gasteiger partial charge in [0.15, 0.2) is 9.84 Å². The highest BCUT2D eigenvalue weighted by Crippen LogP contribution is 2.33. The van der Waals surface area contributed by atoms with E-state index in [2.05, 4.69) is 0 Å². The third-order valence-electron chi connectivity index (χ3n) is 3.27. The molecule has 2 N–H and O–H groups in total. The Balaban J connectivity index is 2.22. The van der Waals surface area contributed by atoms with E-state index >= 15 is 0 Å². The highest BCUT2D eigenvalue weighted by Gasteiger charge is 2.38. The molecule has 2 atom stereocenters. The van der Waals surface area contributed by atoms with E-state index in [0.29, 0.717) is 6.42 Å². The summed E-state index contributed by atoms with van der Waals surface area (Å²) in [5.74, 6) is 0.0376. The number of methoxy groups -OCH3 is 1. The molecule has 0 saturated carbocycles. The average molecular weight is 255 g/mol. The fourth-order valence-corrected chi connectivity index (χ4v) is 4.02. The van der Waals surface area contributed by atoms with Gasteiger partial charge in [-0.05, 0) is 17.5 Å². The average Bonchev–Trinajstić information content (AvgIpc) is 2.66. The van der Waals surface area contributed by atoms with Crippen LogP contribution in [0.25, 0.3) is 0 Å². The number of rotatable bonds is 4. The Labute approximate surface area is 102 Å². The lowest BCUT2D eigenvalue weighted by Gasteiger charge is -2.16. The highest BCUT2D eigenvalue weighted by atomic mass is 32.2. The van der Waals surface area contributed by atoms with Gasteiger partial charge in [0, 0.05) is 13.2 Å². The lowest BCUT2D eigenvalue weighted by molar-refractivity contribution is 0.217. The predicted octanol–water partition coefficient (Wildman–Crippen LogP) is 0.672. The number of sulfone groups is 1. The molecule has 4 nitrogen and oxygen atoms in total. The Hall–Kier alpha value is -0.910. The molecular formula is C12H17NO3S. The number of fused-ring (bicyclic) bond motifs is 1. The smallest absolute Gasteiger partial charge is 0.157 e. The molecule has 5 heteroatoms. The van der Waals surface area contributed by atoms with Crippen molar-refractivity contribution in [1.29, 1.82) is 0 Å². The van der Waals surface area contributed by atoms with Crippen molar-refractivity contribution in [2.45, 2.75) is 17.7 Å². The van der Waals surface area contributed by atoms with E-state index < -0.39 is 21.1 Å². The maximum absolute atomic E-state index is 12.1. The Kier molecular flexibility index (Phi) is 3.51. The van der Waals surface area contributed by atoms with Crippen molar-refractivity contribution < 1.29 is 13.2 Å². The Morgan fingerprint density at radius 1 is 1.41 bits per heavy atom. The van der Waals surface area contributed by atoms with Gasteiger partial charge in [-0.2, -0.15) is 0 Å². The summed E-state index contributed by atoms with van der Waals surface area (Å²) in [7, 11) is -1.69. The van der Waals surface area contributed by atoms with Gasteiger partial charge in [-0.3, -0.25) is 0 Å². The van der Waals surface area contributed by atoms with Gasteiger partial charge < -0.3 is 10.5 Å². The van der Waals surface area contributed by atoms with Crippen LogP contribution in [-0.4, -0.2) is 33.1 Å².